The van der Waals surface area contributed by atoms with Gasteiger partial charge in [0, 0.05) is 49.1 Å². The van der Waals surface area contributed by atoms with Gasteiger partial charge < -0.3 is 0 Å². The molecule has 0 aromatic rings. The molecular weight excluding hydrogens is 354 g/mol. The van der Waals surface area contributed by atoms with Crippen LogP contribution in [0.2, 0.25) is 0 Å². The van der Waals surface area contributed by atoms with Gasteiger partial charge in [-0.15, -0.1) is 0 Å². The smallest absolute Gasteiger partial charge is 0.0253 e. The molecule has 0 saturated heterocycles. The summed E-state index contributed by atoms with van der Waals surface area (Å²) >= 11 is 12.4. The Bertz CT molecular complexity index is 471. The van der Waals surface area contributed by atoms with Crippen molar-refractivity contribution in [2.24, 2.45) is 0 Å². The molecule has 0 radical (unpaired) electrons. The van der Waals surface area contributed by atoms with Gasteiger partial charge >= 0.3 is 0 Å². The first-order valence-electron chi connectivity index (χ1n) is 6.50. The van der Waals surface area contributed by atoms with Gasteiger partial charge in [0.05, 0.1) is 0 Å². The molecule has 0 nitrogen and oxygen atoms in total. The van der Waals surface area contributed by atoms with E-state index in [2.05, 4.69) is 27.7 Å². The summed E-state index contributed by atoms with van der Waals surface area (Å²) in [5.74, 6) is 0. The Morgan fingerprint density at radius 3 is 1.26 bits per heavy atom. The van der Waals surface area contributed by atoms with Crippen LogP contribution in [0.4, 0.5) is 0 Å². The Morgan fingerprint density at radius 1 is 0.737 bits per heavy atom. The van der Waals surface area contributed by atoms with Gasteiger partial charge in [0.25, 0.3) is 0 Å². The second kappa shape index (κ2) is 6.92. The summed E-state index contributed by atoms with van der Waals surface area (Å²) in [5.41, 5.74) is 8.35. The van der Waals surface area contributed by atoms with E-state index in [1.165, 1.54) is 33.4 Å². The van der Waals surface area contributed by atoms with Crippen LogP contribution in [0.15, 0.2) is 43.5 Å². The molecule has 3 heteroatoms. The minimum Gasteiger partial charge on any atom is -0.0885 e. The number of hydrogen-bond acceptors (Lipinski definition) is 0. The van der Waals surface area contributed by atoms with E-state index in [4.69, 9.17) is 23.2 Å². The van der Waals surface area contributed by atoms with Gasteiger partial charge in [-0.05, 0) is 62.8 Å². The molecule has 0 heterocycles. The topological polar surface area (TPSA) is 0 Å². The van der Waals surface area contributed by atoms with Crippen molar-refractivity contribution in [2.45, 2.75) is 53.4 Å². The molecule has 0 aromatic heterocycles. The molecule has 0 bridgehead atoms. The van der Waals surface area contributed by atoms with Gasteiger partial charge in [-0.1, -0.05) is 34.3 Å². The van der Waals surface area contributed by atoms with Crippen molar-refractivity contribution in [2.75, 3.05) is 0 Å². The quantitative estimate of drug-likeness (QED) is 0.549. The number of halogens is 2. The molecule has 2 aliphatic rings. The molecule has 102 valence electrons. The first-order valence-corrected chi connectivity index (χ1v) is 7.26. The van der Waals surface area contributed by atoms with Gasteiger partial charge in [0.2, 0.25) is 0 Å². The van der Waals surface area contributed by atoms with Crippen LogP contribution in [0.3, 0.4) is 0 Å². The Morgan fingerprint density at radius 2 is 1.05 bits per heavy atom. The van der Waals surface area contributed by atoms with Gasteiger partial charge in [-0.3, -0.25) is 0 Å². The van der Waals surface area contributed by atoms with Crippen molar-refractivity contribution in [1.82, 2.24) is 0 Å². The summed E-state index contributed by atoms with van der Waals surface area (Å²) in [7, 11) is 0. The van der Waals surface area contributed by atoms with Crippen LogP contribution in [-0.4, -0.2) is 0 Å². The van der Waals surface area contributed by atoms with Gasteiger partial charge in [0.15, 0.2) is 0 Å². The van der Waals surface area contributed by atoms with Crippen molar-refractivity contribution in [3.8, 4) is 0 Å². The molecular formula is C16H20Cl2Zr. The predicted octanol–water partition coefficient (Wildman–Crippen LogP) is 6.23. The molecule has 0 saturated carbocycles. The fourth-order valence-corrected chi connectivity index (χ4v) is 3.59. The van der Waals surface area contributed by atoms with Crippen molar-refractivity contribution in [3.63, 3.8) is 0 Å². The molecule has 0 aliphatic heterocycles. The summed E-state index contributed by atoms with van der Waals surface area (Å²) in [6.45, 7) is 8.67. The van der Waals surface area contributed by atoms with Crippen molar-refractivity contribution in [3.05, 3.63) is 43.5 Å². The van der Waals surface area contributed by atoms with E-state index in [1.807, 2.05) is 0 Å². The Balaban J connectivity index is 0.00000180. The summed E-state index contributed by atoms with van der Waals surface area (Å²) in [4.78, 5) is 0. The van der Waals surface area contributed by atoms with Crippen molar-refractivity contribution in [1.29, 1.82) is 0 Å². The molecule has 0 aromatic carbocycles. The van der Waals surface area contributed by atoms with Gasteiger partial charge in [-0.25, -0.2) is 0 Å². The standard InChI is InChI=1S/C16H20Cl2.Zr/c1-9-7-15(17)11(3)13(9)5-6-14-10(2)8-16(18)12(14)4;/h5-8H2,1-4H3;. The third-order valence-electron chi connectivity index (χ3n) is 4.22. The maximum atomic E-state index is 6.22. The second-order valence-electron chi connectivity index (χ2n) is 5.43. The zero-order valence-corrected chi connectivity index (χ0v) is 16.1. The number of allylic oxidation sites excluding steroid dienone is 8. The molecule has 0 N–H and O–H groups in total. The number of hydrogen-bond donors (Lipinski definition) is 0. The van der Waals surface area contributed by atoms with E-state index >= 15 is 0 Å². The summed E-state index contributed by atoms with van der Waals surface area (Å²) < 4.78 is 0. The van der Waals surface area contributed by atoms with Crippen LogP contribution in [0, 0.1) is 0 Å². The first-order chi connectivity index (χ1) is 8.41. The average molecular weight is 374 g/mol. The maximum Gasteiger partial charge on any atom is 0.0253 e. The fraction of sp³-hybridized carbons (Fsp3) is 0.500. The summed E-state index contributed by atoms with van der Waals surface area (Å²) in [5, 5.41) is 2.04. The fourth-order valence-electron chi connectivity index (χ4n) is 2.96. The van der Waals surface area contributed by atoms with Crippen LogP contribution in [0.25, 0.3) is 0 Å². The van der Waals surface area contributed by atoms with E-state index in [0.29, 0.717) is 0 Å². The largest absolute Gasteiger partial charge is 0.0885 e. The van der Waals surface area contributed by atoms with E-state index in [9.17, 15) is 0 Å². The van der Waals surface area contributed by atoms with Gasteiger partial charge in [-0.2, -0.15) is 0 Å². The van der Waals surface area contributed by atoms with E-state index in [-0.39, 0.29) is 26.2 Å². The summed E-state index contributed by atoms with van der Waals surface area (Å²) in [6, 6.07) is 0. The third-order valence-corrected chi connectivity index (χ3v) is 5.05. The van der Waals surface area contributed by atoms with E-state index < -0.39 is 0 Å². The van der Waals surface area contributed by atoms with Crippen molar-refractivity contribution < 1.29 is 26.2 Å². The van der Waals surface area contributed by atoms with Gasteiger partial charge in [0.1, 0.15) is 0 Å². The summed E-state index contributed by atoms with van der Waals surface area (Å²) in [6.07, 6.45) is 4.05. The normalized spacial score (nSPS) is 19.9. The zero-order chi connectivity index (χ0) is 13.4. The van der Waals surface area contributed by atoms with Crippen LogP contribution < -0.4 is 0 Å². The van der Waals surface area contributed by atoms with E-state index in [0.717, 1.165) is 35.7 Å². The Hall–Kier alpha value is 0.423. The number of rotatable bonds is 3. The Kier molecular flexibility index (Phi) is 6.37. The molecule has 0 fully saturated rings. The van der Waals surface area contributed by atoms with E-state index in [1.54, 1.807) is 0 Å². The Labute approximate surface area is 145 Å². The minimum atomic E-state index is 0. The molecule has 2 rings (SSSR count). The van der Waals surface area contributed by atoms with Crippen molar-refractivity contribution >= 4 is 23.2 Å². The molecule has 0 unspecified atom stereocenters. The van der Waals surface area contributed by atoms with Crippen LogP contribution in [0.5, 0.6) is 0 Å². The van der Waals surface area contributed by atoms with Crippen LogP contribution in [-0.2, 0) is 26.2 Å². The molecule has 0 amide bonds. The third kappa shape index (κ3) is 3.55. The monoisotopic (exact) mass is 372 g/mol. The maximum absolute atomic E-state index is 6.22. The molecule has 2 aliphatic carbocycles. The first kappa shape index (κ1) is 17.5. The average Bonchev–Trinajstić information content (AvgIpc) is 2.67. The SMILES string of the molecule is CC1=C(CCC2=C(C)CC(Cl)=C2C)C(C)=C(Cl)C1.[Zr]. The predicted molar refractivity (Wildman–Crippen MR) is 81.0 cm³/mol. The van der Waals surface area contributed by atoms with Crippen LogP contribution >= 0.6 is 23.2 Å². The minimum absolute atomic E-state index is 0. The molecule has 0 spiro atoms. The molecule has 19 heavy (non-hydrogen) atoms. The second-order valence-corrected chi connectivity index (χ2v) is 6.34. The van der Waals surface area contributed by atoms with Crippen LogP contribution in [0.1, 0.15) is 53.4 Å². The molecule has 0 atom stereocenters. The zero-order valence-electron chi connectivity index (χ0n) is 12.1.